The van der Waals surface area contributed by atoms with Gasteiger partial charge < -0.3 is 10.1 Å². The van der Waals surface area contributed by atoms with Crippen LogP contribution in [-0.2, 0) is 9.59 Å². The van der Waals surface area contributed by atoms with Crippen LogP contribution in [0.15, 0.2) is 30.3 Å². The van der Waals surface area contributed by atoms with Gasteiger partial charge in [-0.25, -0.2) is 0 Å². The summed E-state index contributed by atoms with van der Waals surface area (Å²) >= 11 is 0. The molecule has 0 aliphatic heterocycles. The fourth-order valence-corrected chi connectivity index (χ4v) is 1.70. The maximum absolute atomic E-state index is 11.8. The molecule has 1 fully saturated rings. The Bertz CT molecular complexity index is 396. The molecule has 0 saturated heterocycles. The largest absolute Gasteiger partial charge is 0.349 e. The van der Waals surface area contributed by atoms with Crippen molar-refractivity contribution in [3.63, 3.8) is 0 Å². The number of carbonyl (C=O) groups is 2. The van der Waals surface area contributed by atoms with E-state index in [1.54, 1.807) is 0 Å². The normalized spacial score (nSPS) is 18.6. The SMILES string of the molecule is CC(NC(=O)C1(C=O)CC1)c1ccccc1. The predicted molar refractivity (Wildman–Crippen MR) is 60.7 cm³/mol. The number of carbonyl (C=O) groups excluding carboxylic acids is 2. The lowest BCUT2D eigenvalue weighted by atomic mass is 10.1. The number of amides is 1. The van der Waals surface area contributed by atoms with Crippen molar-refractivity contribution in [2.45, 2.75) is 25.8 Å². The van der Waals surface area contributed by atoms with Gasteiger partial charge >= 0.3 is 0 Å². The molecule has 0 radical (unpaired) electrons. The van der Waals surface area contributed by atoms with E-state index in [0.29, 0.717) is 12.8 Å². The third-order valence-electron chi connectivity index (χ3n) is 3.11. The van der Waals surface area contributed by atoms with Crippen molar-refractivity contribution < 1.29 is 9.59 Å². The summed E-state index contributed by atoms with van der Waals surface area (Å²) in [6.07, 6.45) is 2.15. The summed E-state index contributed by atoms with van der Waals surface area (Å²) in [5.74, 6) is -0.140. The van der Waals surface area contributed by atoms with Gasteiger partial charge in [-0.1, -0.05) is 30.3 Å². The van der Waals surface area contributed by atoms with Gasteiger partial charge in [-0.3, -0.25) is 4.79 Å². The first-order valence-electron chi connectivity index (χ1n) is 5.50. The molecular formula is C13H15NO2. The Kier molecular flexibility index (Phi) is 2.77. The Balaban J connectivity index is 2.00. The Hall–Kier alpha value is -1.64. The fourth-order valence-electron chi connectivity index (χ4n) is 1.70. The van der Waals surface area contributed by atoms with Gasteiger partial charge in [0.05, 0.1) is 6.04 Å². The summed E-state index contributed by atoms with van der Waals surface area (Å²) in [5, 5.41) is 2.88. The molecule has 84 valence electrons. The number of rotatable bonds is 4. The zero-order valence-corrected chi connectivity index (χ0v) is 9.27. The van der Waals surface area contributed by atoms with Gasteiger partial charge in [0.2, 0.25) is 5.91 Å². The van der Waals surface area contributed by atoms with E-state index in [4.69, 9.17) is 0 Å². The Morgan fingerprint density at radius 3 is 2.50 bits per heavy atom. The number of hydrogen-bond donors (Lipinski definition) is 1. The molecule has 1 saturated carbocycles. The van der Waals surface area contributed by atoms with E-state index in [0.717, 1.165) is 11.8 Å². The summed E-state index contributed by atoms with van der Waals surface area (Å²) < 4.78 is 0. The van der Waals surface area contributed by atoms with E-state index in [1.807, 2.05) is 37.3 Å². The predicted octanol–water partition coefficient (Wildman–Crippen LogP) is 1.84. The van der Waals surface area contributed by atoms with Crippen molar-refractivity contribution in [1.29, 1.82) is 0 Å². The van der Waals surface area contributed by atoms with Crippen LogP contribution in [0.3, 0.4) is 0 Å². The van der Waals surface area contributed by atoms with Crippen molar-refractivity contribution in [2.75, 3.05) is 0 Å². The monoisotopic (exact) mass is 217 g/mol. The zero-order valence-electron chi connectivity index (χ0n) is 9.27. The van der Waals surface area contributed by atoms with E-state index in [1.165, 1.54) is 0 Å². The molecular weight excluding hydrogens is 202 g/mol. The lowest BCUT2D eigenvalue weighted by Gasteiger charge is -2.16. The zero-order chi connectivity index (χ0) is 11.6. The Morgan fingerprint density at radius 2 is 2.00 bits per heavy atom. The Morgan fingerprint density at radius 1 is 1.38 bits per heavy atom. The highest BCUT2D eigenvalue weighted by Crippen LogP contribution is 2.43. The average molecular weight is 217 g/mol. The first-order chi connectivity index (χ1) is 7.68. The number of benzene rings is 1. The second-order valence-electron chi connectivity index (χ2n) is 4.38. The second kappa shape index (κ2) is 4.08. The molecule has 1 unspecified atom stereocenters. The highest BCUT2D eigenvalue weighted by molar-refractivity contribution is 5.99. The maximum atomic E-state index is 11.8. The van der Waals surface area contributed by atoms with E-state index in [9.17, 15) is 9.59 Å². The molecule has 1 amide bonds. The van der Waals surface area contributed by atoms with Crippen molar-refractivity contribution in [3.8, 4) is 0 Å². The molecule has 1 aliphatic rings. The van der Waals surface area contributed by atoms with Crippen molar-refractivity contribution >= 4 is 12.2 Å². The van der Waals surface area contributed by atoms with Crippen LogP contribution in [0.2, 0.25) is 0 Å². The molecule has 1 atom stereocenters. The first kappa shape index (κ1) is 10.9. The van der Waals surface area contributed by atoms with Gasteiger partial charge in [0.15, 0.2) is 0 Å². The molecule has 2 rings (SSSR count). The molecule has 3 nitrogen and oxygen atoms in total. The van der Waals surface area contributed by atoms with E-state index < -0.39 is 5.41 Å². The van der Waals surface area contributed by atoms with E-state index in [-0.39, 0.29) is 11.9 Å². The summed E-state index contributed by atoms with van der Waals surface area (Å²) in [5.41, 5.74) is 0.334. The fraction of sp³-hybridized carbons (Fsp3) is 0.385. The third-order valence-corrected chi connectivity index (χ3v) is 3.11. The van der Waals surface area contributed by atoms with Crippen LogP contribution < -0.4 is 5.32 Å². The summed E-state index contributed by atoms with van der Waals surface area (Å²) in [4.78, 5) is 22.6. The summed E-state index contributed by atoms with van der Waals surface area (Å²) in [6, 6.07) is 9.68. The van der Waals surface area contributed by atoms with Crippen LogP contribution in [-0.4, -0.2) is 12.2 Å². The highest BCUT2D eigenvalue weighted by Gasteiger charge is 2.50. The molecule has 0 spiro atoms. The maximum Gasteiger partial charge on any atom is 0.233 e. The lowest BCUT2D eigenvalue weighted by molar-refractivity contribution is -0.131. The molecule has 0 bridgehead atoms. The molecule has 0 aromatic heterocycles. The molecule has 0 heterocycles. The van der Waals surface area contributed by atoms with Crippen LogP contribution in [0.4, 0.5) is 0 Å². The smallest absolute Gasteiger partial charge is 0.233 e. The molecule has 3 heteroatoms. The Labute approximate surface area is 94.9 Å². The van der Waals surface area contributed by atoms with Crippen LogP contribution >= 0.6 is 0 Å². The quantitative estimate of drug-likeness (QED) is 0.618. The summed E-state index contributed by atoms with van der Waals surface area (Å²) in [6.45, 7) is 1.92. The van der Waals surface area contributed by atoms with Gasteiger partial charge in [0.1, 0.15) is 11.7 Å². The molecule has 16 heavy (non-hydrogen) atoms. The molecule has 1 aliphatic carbocycles. The molecule has 1 aromatic rings. The van der Waals surface area contributed by atoms with Crippen molar-refractivity contribution in [1.82, 2.24) is 5.32 Å². The minimum atomic E-state index is -0.719. The number of nitrogens with one attached hydrogen (secondary N) is 1. The minimum absolute atomic E-state index is 0.0499. The van der Waals surface area contributed by atoms with Crippen LogP contribution in [0.25, 0.3) is 0 Å². The number of aldehydes is 1. The average Bonchev–Trinajstić information content (AvgIpc) is 3.11. The van der Waals surface area contributed by atoms with Gasteiger partial charge in [-0.05, 0) is 25.3 Å². The van der Waals surface area contributed by atoms with E-state index >= 15 is 0 Å². The standard InChI is InChI=1S/C13H15NO2/c1-10(11-5-3-2-4-6-11)14-12(16)13(9-15)7-8-13/h2-6,9-10H,7-8H2,1H3,(H,14,16). The van der Waals surface area contributed by atoms with Crippen LogP contribution in [0, 0.1) is 5.41 Å². The molecule has 1 N–H and O–H groups in total. The van der Waals surface area contributed by atoms with Crippen LogP contribution in [0.1, 0.15) is 31.4 Å². The lowest BCUT2D eigenvalue weighted by Crippen LogP contribution is -2.34. The van der Waals surface area contributed by atoms with Gasteiger partial charge in [-0.2, -0.15) is 0 Å². The molecule has 1 aromatic carbocycles. The van der Waals surface area contributed by atoms with Gasteiger partial charge in [0.25, 0.3) is 0 Å². The highest BCUT2D eigenvalue weighted by atomic mass is 16.2. The second-order valence-corrected chi connectivity index (χ2v) is 4.38. The van der Waals surface area contributed by atoms with Crippen molar-refractivity contribution in [2.24, 2.45) is 5.41 Å². The number of hydrogen-bond acceptors (Lipinski definition) is 2. The van der Waals surface area contributed by atoms with E-state index in [2.05, 4.69) is 5.32 Å². The van der Waals surface area contributed by atoms with Gasteiger partial charge in [0, 0.05) is 0 Å². The third kappa shape index (κ3) is 1.98. The van der Waals surface area contributed by atoms with Crippen molar-refractivity contribution in [3.05, 3.63) is 35.9 Å². The van der Waals surface area contributed by atoms with Gasteiger partial charge in [-0.15, -0.1) is 0 Å². The van der Waals surface area contributed by atoms with Crippen LogP contribution in [0.5, 0.6) is 0 Å². The topological polar surface area (TPSA) is 46.2 Å². The summed E-state index contributed by atoms with van der Waals surface area (Å²) in [7, 11) is 0. The minimum Gasteiger partial charge on any atom is -0.349 e. The first-order valence-corrected chi connectivity index (χ1v) is 5.50.